The van der Waals surface area contributed by atoms with E-state index < -0.39 is 0 Å². The minimum absolute atomic E-state index is 0.0301. The molecule has 0 aromatic rings. The van der Waals surface area contributed by atoms with Gasteiger partial charge in [0.25, 0.3) is 0 Å². The van der Waals surface area contributed by atoms with Crippen LogP contribution in [0.15, 0.2) is 21.4 Å². The molecule has 0 aliphatic carbocycles. The van der Waals surface area contributed by atoms with E-state index in [2.05, 4.69) is 27.3 Å². The van der Waals surface area contributed by atoms with Gasteiger partial charge in [0.1, 0.15) is 5.82 Å². The summed E-state index contributed by atoms with van der Waals surface area (Å²) in [6.07, 6.45) is 4.23. The molecule has 5 nitrogen and oxygen atoms in total. The van der Waals surface area contributed by atoms with Crippen LogP contribution in [-0.2, 0) is 4.79 Å². The number of piperidine rings is 1. The van der Waals surface area contributed by atoms with Crippen molar-refractivity contribution in [3.05, 3.63) is 11.4 Å². The van der Waals surface area contributed by atoms with Crippen molar-refractivity contribution in [2.45, 2.75) is 19.3 Å². The second-order valence-corrected chi connectivity index (χ2v) is 4.56. The summed E-state index contributed by atoms with van der Waals surface area (Å²) in [5.74, 6) is 0.608. The van der Waals surface area contributed by atoms with Crippen molar-refractivity contribution >= 4 is 18.8 Å². The highest BCUT2D eigenvalue weighted by Crippen LogP contribution is 2.42. The van der Waals surface area contributed by atoms with E-state index in [1.165, 1.54) is 0 Å². The third-order valence-corrected chi connectivity index (χ3v) is 3.56. The molecule has 0 atom stereocenters. The maximum absolute atomic E-state index is 11.8. The van der Waals surface area contributed by atoms with E-state index in [9.17, 15) is 4.79 Å². The molecular formula is C12H18N4O. The maximum Gasteiger partial charge on any atom is 0.226 e. The summed E-state index contributed by atoms with van der Waals surface area (Å²) < 4.78 is 0. The lowest BCUT2D eigenvalue weighted by Crippen LogP contribution is -2.46. The molecule has 0 aromatic heterocycles. The van der Waals surface area contributed by atoms with Gasteiger partial charge in [-0.1, -0.05) is 0 Å². The summed E-state index contributed by atoms with van der Waals surface area (Å²) >= 11 is 0. The van der Waals surface area contributed by atoms with Crippen LogP contribution in [0.3, 0.4) is 0 Å². The number of nitrogens with one attached hydrogen (secondary N) is 2. The molecule has 1 saturated heterocycles. The first-order valence-corrected chi connectivity index (χ1v) is 5.86. The van der Waals surface area contributed by atoms with Crippen LogP contribution in [-0.4, -0.2) is 39.0 Å². The molecule has 0 unspecified atom stereocenters. The Morgan fingerprint density at radius 1 is 1.41 bits per heavy atom. The van der Waals surface area contributed by atoms with Crippen molar-refractivity contribution in [1.82, 2.24) is 10.6 Å². The molecule has 17 heavy (non-hydrogen) atoms. The van der Waals surface area contributed by atoms with Gasteiger partial charge >= 0.3 is 0 Å². The van der Waals surface area contributed by atoms with Crippen molar-refractivity contribution in [1.29, 1.82) is 0 Å². The first-order chi connectivity index (χ1) is 8.22. The fourth-order valence-corrected chi connectivity index (χ4v) is 2.70. The van der Waals surface area contributed by atoms with E-state index >= 15 is 0 Å². The molecule has 1 spiro atoms. The second kappa shape index (κ2) is 4.79. The Labute approximate surface area is 101 Å². The van der Waals surface area contributed by atoms with E-state index in [-0.39, 0.29) is 11.3 Å². The minimum atomic E-state index is -0.108. The van der Waals surface area contributed by atoms with Gasteiger partial charge in [0.15, 0.2) is 0 Å². The van der Waals surface area contributed by atoms with Gasteiger partial charge in [-0.15, -0.1) is 0 Å². The third kappa shape index (κ3) is 2.15. The van der Waals surface area contributed by atoms with Crippen LogP contribution in [0, 0.1) is 5.41 Å². The zero-order valence-corrected chi connectivity index (χ0v) is 10.1. The average molecular weight is 234 g/mol. The van der Waals surface area contributed by atoms with Gasteiger partial charge < -0.3 is 10.6 Å². The lowest BCUT2D eigenvalue weighted by Gasteiger charge is -2.41. The van der Waals surface area contributed by atoms with Gasteiger partial charge in [-0.2, -0.15) is 0 Å². The number of hydrogen-bond acceptors (Lipinski definition) is 4. The van der Waals surface area contributed by atoms with Gasteiger partial charge in [0.05, 0.1) is 0 Å². The fourth-order valence-electron chi connectivity index (χ4n) is 2.70. The largest absolute Gasteiger partial charge is 0.317 e. The molecule has 2 N–H and O–H groups in total. The summed E-state index contributed by atoms with van der Waals surface area (Å²) in [5.41, 5.74) is 0.917. The Kier molecular flexibility index (Phi) is 3.38. The molecule has 0 radical (unpaired) electrons. The lowest BCUT2D eigenvalue weighted by atomic mass is 9.69. The van der Waals surface area contributed by atoms with Crippen LogP contribution in [0.2, 0.25) is 0 Å². The first kappa shape index (κ1) is 12.0. The van der Waals surface area contributed by atoms with Crippen LogP contribution < -0.4 is 10.6 Å². The standard InChI is InChI=1S/C12H18N4O/c1-13-8-9-11(14-2)16-10(17)7-12(9)3-5-15-6-4-12/h8,15H,2-7H2,1H3,(H,16,17). The molecule has 2 heterocycles. The lowest BCUT2D eigenvalue weighted by molar-refractivity contribution is -0.123. The molecule has 5 heteroatoms. The molecule has 0 aromatic carbocycles. The number of rotatable bonds is 2. The van der Waals surface area contributed by atoms with Crippen molar-refractivity contribution in [2.75, 3.05) is 20.1 Å². The van der Waals surface area contributed by atoms with Crippen molar-refractivity contribution in [3.63, 3.8) is 0 Å². The van der Waals surface area contributed by atoms with Crippen molar-refractivity contribution < 1.29 is 4.79 Å². The molecular weight excluding hydrogens is 216 g/mol. The van der Waals surface area contributed by atoms with Crippen molar-refractivity contribution in [2.24, 2.45) is 15.4 Å². The molecule has 2 rings (SSSR count). The zero-order chi connectivity index (χ0) is 12.3. The quantitative estimate of drug-likeness (QED) is 0.683. The minimum Gasteiger partial charge on any atom is -0.317 e. The predicted molar refractivity (Wildman–Crippen MR) is 68.3 cm³/mol. The number of nitrogens with zero attached hydrogens (tertiary/aromatic N) is 2. The number of amides is 1. The molecule has 1 amide bonds. The normalized spacial score (nSPS) is 24.2. The first-order valence-electron chi connectivity index (χ1n) is 5.86. The van der Waals surface area contributed by atoms with E-state index in [1.807, 2.05) is 6.21 Å². The Hall–Kier alpha value is -1.49. The summed E-state index contributed by atoms with van der Waals surface area (Å²) in [5, 5.41) is 6.09. The third-order valence-electron chi connectivity index (χ3n) is 3.56. The summed E-state index contributed by atoms with van der Waals surface area (Å²) in [7, 11) is 1.74. The topological polar surface area (TPSA) is 65.8 Å². The van der Waals surface area contributed by atoms with E-state index in [0.29, 0.717) is 12.2 Å². The number of carbonyl (C=O) groups excluding carboxylic acids is 1. The molecule has 2 aliphatic heterocycles. The number of carbonyl (C=O) groups is 1. The Morgan fingerprint density at radius 3 is 2.71 bits per heavy atom. The van der Waals surface area contributed by atoms with E-state index in [4.69, 9.17) is 0 Å². The van der Waals surface area contributed by atoms with Gasteiger partial charge in [0, 0.05) is 30.7 Å². The highest BCUT2D eigenvalue weighted by molar-refractivity contribution is 5.90. The second-order valence-electron chi connectivity index (χ2n) is 4.56. The molecule has 0 bridgehead atoms. The number of hydrogen-bond donors (Lipinski definition) is 2. The summed E-state index contributed by atoms with van der Waals surface area (Å²) in [6, 6.07) is 0. The molecule has 1 fully saturated rings. The Balaban J connectivity index is 2.46. The van der Waals surface area contributed by atoms with Gasteiger partial charge in [0.2, 0.25) is 5.91 Å². The maximum atomic E-state index is 11.8. The smallest absolute Gasteiger partial charge is 0.226 e. The highest BCUT2D eigenvalue weighted by Gasteiger charge is 2.42. The Morgan fingerprint density at radius 2 is 2.12 bits per heavy atom. The van der Waals surface area contributed by atoms with Crippen LogP contribution in [0.5, 0.6) is 0 Å². The van der Waals surface area contributed by atoms with Crippen LogP contribution in [0.25, 0.3) is 0 Å². The molecule has 2 aliphatic rings. The highest BCUT2D eigenvalue weighted by atomic mass is 16.1. The molecule has 92 valence electrons. The SMILES string of the molecule is C=NC1=C(C=NC)C2(CCNCC2)CC(=O)N1. The predicted octanol–water partition coefficient (Wildman–Crippen LogP) is 0.489. The van der Waals surface area contributed by atoms with Crippen molar-refractivity contribution in [3.8, 4) is 0 Å². The van der Waals surface area contributed by atoms with E-state index in [1.54, 1.807) is 7.05 Å². The number of allylic oxidation sites excluding steroid dienone is 1. The van der Waals surface area contributed by atoms with Crippen LogP contribution in [0.4, 0.5) is 0 Å². The molecule has 0 saturated carbocycles. The monoisotopic (exact) mass is 234 g/mol. The van der Waals surface area contributed by atoms with Crippen LogP contribution >= 0.6 is 0 Å². The van der Waals surface area contributed by atoms with Gasteiger partial charge in [-0.25, -0.2) is 4.99 Å². The fraction of sp³-hybridized carbons (Fsp3) is 0.583. The summed E-state index contributed by atoms with van der Waals surface area (Å²) in [6.45, 7) is 5.39. The van der Waals surface area contributed by atoms with Gasteiger partial charge in [-0.05, 0) is 32.6 Å². The van der Waals surface area contributed by atoms with Crippen LogP contribution in [0.1, 0.15) is 19.3 Å². The summed E-state index contributed by atoms with van der Waals surface area (Å²) in [4.78, 5) is 19.8. The average Bonchev–Trinajstić information content (AvgIpc) is 2.33. The zero-order valence-electron chi connectivity index (χ0n) is 10.1. The Bertz CT molecular complexity index is 391. The number of aliphatic imine (C=N–C) groups is 2. The van der Waals surface area contributed by atoms with Gasteiger partial charge in [-0.3, -0.25) is 9.79 Å². The van der Waals surface area contributed by atoms with E-state index in [0.717, 1.165) is 31.5 Å².